The van der Waals surface area contributed by atoms with E-state index in [1.54, 1.807) is 7.11 Å². The zero-order chi connectivity index (χ0) is 15.3. The number of ether oxygens (including phenoxy) is 3. The van der Waals surface area contributed by atoms with Crippen molar-refractivity contribution in [3.05, 3.63) is 29.8 Å². The fourth-order valence-electron chi connectivity index (χ4n) is 1.89. The molecule has 0 radical (unpaired) electrons. The summed E-state index contributed by atoms with van der Waals surface area (Å²) >= 11 is 0. The first-order chi connectivity index (χ1) is 10.3. The van der Waals surface area contributed by atoms with Gasteiger partial charge in [0, 0.05) is 25.9 Å². The average molecular weight is 296 g/mol. The van der Waals surface area contributed by atoms with E-state index in [0.717, 1.165) is 31.9 Å². The summed E-state index contributed by atoms with van der Waals surface area (Å²) in [4.78, 5) is 2.34. The zero-order valence-corrected chi connectivity index (χ0v) is 13.2. The van der Waals surface area contributed by atoms with Crippen LogP contribution in [0.15, 0.2) is 24.3 Å². The average Bonchev–Trinajstić information content (AvgIpc) is 2.50. The number of rotatable bonds is 12. The lowest BCUT2D eigenvalue weighted by Gasteiger charge is -2.20. The predicted molar refractivity (Wildman–Crippen MR) is 85.3 cm³/mol. The van der Waals surface area contributed by atoms with Gasteiger partial charge in [0.2, 0.25) is 0 Å². The molecule has 1 rings (SSSR count). The summed E-state index contributed by atoms with van der Waals surface area (Å²) < 4.78 is 15.8. The number of anilines is 1. The van der Waals surface area contributed by atoms with Gasteiger partial charge in [-0.25, -0.2) is 0 Å². The topological polar surface area (TPSA) is 57.0 Å². The molecule has 0 saturated carbocycles. The molecule has 5 nitrogen and oxygen atoms in total. The van der Waals surface area contributed by atoms with Gasteiger partial charge < -0.3 is 19.9 Å². The van der Waals surface area contributed by atoms with Gasteiger partial charge in [0.1, 0.15) is 0 Å². The Balaban J connectivity index is 2.09. The van der Waals surface area contributed by atoms with Crippen molar-refractivity contribution >= 4 is 5.69 Å². The third kappa shape index (κ3) is 8.67. The molecule has 1 aromatic carbocycles. The maximum Gasteiger partial charge on any atom is 0.0701 e. The molecule has 0 saturated heterocycles. The number of nitrogens with two attached hydrogens (primary N) is 1. The summed E-state index contributed by atoms with van der Waals surface area (Å²) in [6, 6.07) is 8.03. The van der Waals surface area contributed by atoms with Crippen molar-refractivity contribution in [2.75, 3.05) is 59.0 Å². The molecule has 120 valence electrons. The van der Waals surface area contributed by atoms with E-state index in [2.05, 4.69) is 24.0 Å². The SMILES string of the molecule is CCN(CCOCCOCCOC)Cc1ccc(N)cc1. The van der Waals surface area contributed by atoms with Crippen LogP contribution in [0.3, 0.4) is 0 Å². The first-order valence-electron chi connectivity index (χ1n) is 7.47. The lowest BCUT2D eigenvalue weighted by molar-refractivity contribution is 0.0193. The minimum atomic E-state index is 0.618. The Kier molecular flexibility index (Phi) is 9.82. The normalized spacial score (nSPS) is 11.2. The molecule has 5 heteroatoms. The summed E-state index contributed by atoms with van der Waals surface area (Å²) in [5.41, 5.74) is 7.77. The molecule has 0 aliphatic heterocycles. The molecule has 0 atom stereocenters. The summed E-state index contributed by atoms with van der Waals surface area (Å²) in [5, 5.41) is 0. The molecule has 0 amide bonds. The highest BCUT2D eigenvalue weighted by atomic mass is 16.5. The molecule has 0 aliphatic carbocycles. The van der Waals surface area contributed by atoms with Crippen molar-refractivity contribution in [1.29, 1.82) is 0 Å². The van der Waals surface area contributed by atoms with Crippen LogP contribution in [0, 0.1) is 0 Å². The number of hydrogen-bond acceptors (Lipinski definition) is 5. The molecule has 0 bridgehead atoms. The van der Waals surface area contributed by atoms with Crippen LogP contribution in [-0.4, -0.2) is 58.1 Å². The van der Waals surface area contributed by atoms with Crippen LogP contribution in [0.1, 0.15) is 12.5 Å². The van der Waals surface area contributed by atoms with Gasteiger partial charge in [-0.05, 0) is 24.2 Å². The van der Waals surface area contributed by atoms with E-state index in [9.17, 15) is 0 Å². The second kappa shape index (κ2) is 11.5. The van der Waals surface area contributed by atoms with E-state index in [0.29, 0.717) is 26.4 Å². The predicted octanol–water partition coefficient (Wildman–Crippen LogP) is 1.77. The number of hydrogen-bond donors (Lipinski definition) is 1. The lowest BCUT2D eigenvalue weighted by Crippen LogP contribution is -2.27. The number of likely N-dealkylation sites (N-methyl/N-ethyl adjacent to an activating group) is 1. The third-order valence-corrected chi connectivity index (χ3v) is 3.19. The molecule has 0 heterocycles. The minimum Gasteiger partial charge on any atom is -0.399 e. The number of methoxy groups -OCH3 is 1. The standard InChI is InChI=1S/C16H28N2O3/c1-3-18(14-15-4-6-16(17)7-5-15)8-9-20-12-13-21-11-10-19-2/h4-7H,3,8-14,17H2,1-2H3. The second-order valence-corrected chi connectivity index (χ2v) is 4.83. The van der Waals surface area contributed by atoms with Crippen LogP contribution in [0.2, 0.25) is 0 Å². The third-order valence-electron chi connectivity index (χ3n) is 3.19. The van der Waals surface area contributed by atoms with Gasteiger partial charge in [0.05, 0.1) is 33.0 Å². The highest BCUT2D eigenvalue weighted by molar-refractivity contribution is 5.39. The molecule has 21 heavy (non-hydrogen) atoms. The Morgan fingerprint density at radius 1 is 0.952 bits per heavy atom. The van der Waals surface area contributed by atoms with Gasteiger partial charge in [-0.3, -0.25) is 4.90 Å². The van der Waals surface area contributed by atoms with Gasteiger partial charge >= 0.3 is 0 Å². The Morgan fingerprint density at radius 3 is 2.19 bits per heavy atom. The minimum absolute atomic E-state index is 0.618. The molecule has 0 unspecified atom stereocenters. The van der Waals surface area contributed by atoms with Crippen LogP contribution in [0.5, 0.6) is 0 Å². The van der Waals surface area contributed by atoms with Crippen molar-refractivity contribution in [3.63, 3.8) is 0 Å². The summed E-state index contributed by atoms with van der Waals surface area (Å²) in [5.74, 6) is 0. The van der Waals surface area contributed by atoms with Gasteiger partial charge in [0.15, 0.2) is 0 Å². The summed E-state index contributed by atoms with van der Waals surface area (Å²) in [6.45, 7) is 8.21. The van der Waals surface area contributed by atoms with Crippen molar-refractivity contribution in [2.45, 2.75) is 13.5 Å². The van der Waals surface area contributed by atoms with Crippen molar-refractivity contribution < 1.29 is 14.2 Å². The number of nitrogen functional groups attached to an aromatic ring is 1. The molecular formula is C16H28N2O3. The molecule has 0 aliphatic rings. The van der Waals surface area contributed by atoms with Gasteiger partial charge in [-0.1, -0.05) is 19.1 Å². The second-order valence-electron chi connectivity index (χ2n) is 4.83. The largest absolute Gasteiger partial charge is 0.399 e. The van der Waals surface area contributed by atoms with Crippen LogP contribution in [-0.2, 0) is 20.8 Å². The number of benzene rings is 1. The van der Waals surface area contributed by atoms with Crippen LogP contribution in [0.4, 0.5) is 5.69 Å². The highest BCUT2D eigenvalue weighted by Crippen LogP contribution is 2.08. The Labute approximate surface area is 128 Å². The van der Waals surface area contributed by atoms with E-state index >= 15 is 0 Å². The zero-order valence-electron chi connectivity index (χ0n) is 13.2. The van der Waals surface area contributed by atoms with Gasteiger partial charge in [0.25, 0.3) is 0 Å². The molecule has 0 spiro atoms. The van der Waals surface area contributed by atoms with Gasteiger partial charge in [-0.2, -0.15) is 0 Å². The molecule has 2 N–H and O–H groups in total. The molecular weight excluding hydrogens is 268 g/mol. The van der Waals surface area contributed by atoms with Crippen molar-refractivity contribution in [3.8, 4) is 0 Å². The van der Waals surface area contributed by atoms with E-state index < -0.39 is 0 Å². The van der Waals surface area contributed by atoms with Crippen molar-refractivity contribution in [2.24, 2.45) is 0 Å². The molecule has 0 aromatic heterocycles. The van der Waals surface area contributed by atoms with Crippen LogP contribution < -0.4 is 5.73 Å². The molecule has 1 aromatic rings. The Bertz CT molecular complexity index is 357. The first kappa shape index (κ1) is 17.9. The van der Waals surface area contributed by atoms with E-state index in [-0.39, 0.29) is 0 Å². The summed E-state index contributed by atoms with van der Waals surface area (Å²) in [6.07, 6.45) is 0. The fourth-order valence-corrected chi connectivity index (χ4v) is 1.89. The Hall–Kier alpha value is -1.14. The molecule has 0 fully saturated rings. The maximum atomic E-state index is 5.69. The highest BCUT2D eigenvalue weighted by Gasteiger charge is 2.03. The van der Waals surface area contributed by atoms with E-state index in [4.69, 9.17) is 19.9 Å². The number of nitrogens with zero attached hydrogens (tertiary/aromatic N) is 1. The van der Waals surface area contributed by atoms with Crippen LogP contribution >= 0.6 is 0 Å². The van der Waals surface area contributed by atoms with Crippen LogP contribution in [0.25, 0.3) is 0 Å². The summed E-state index contributed by atoms with van der Waals surface area (Å²) in [7, 11) is 1.67. The fraction of sp³-hybridized carbons (Fsp3) is 0.625. The smallest absolute Gasteiger partial charge is 0.0701 e. The lowest BCUT2D eigenvalue weighted by atomic mass is 10.2. The van der Waals surface area contributed by atoms with Gasteiger partial charge in [-0.15, -0.1) is 0 Å². The van der Waals surface area contributed by atoms with Crippen molar-refractivity contribution in [1.82, 2.24) is 4.90 Å². The Morgan fingerprint density at radius 2 is 1.57 bits per heavy atom. The van der Waals surface area contributed by atoms with E-state index in [1.165, 1.54) is 5.56 Å². The van der Waals surface area contributed by atoms with E-state index in [1.807, 2.05) is 12.1 Å². The monoisotopic (exact) mass is 296 g/mol. The first-order valence-corrected chi connectivity index (χ1v) is 7.47. The maximum absolute atomic E-state index is 5.69. The quantitative estimate of drug-likeness (QED) is 0.470.